The van der Waals surface area contributed by atoms with Crippen LogP contribution in [-0.2, 0) is 10.8 Å². The third kappa shape index (κ3) is 7.19. The van der Waals surface area contributed by atoms with Crippen LogP contribution in [0.2, 0.25) is 0 Å². The Morgan fingerprint density at radius 1 is 0.355 bits per heavy atom. The first-order valence-corrected chi connectivity index (χ1v) is 22.6. The lowest BCUT2D eigenvalue weighted by molar-refractivity contribution is 0.569. The average molecular weight is 818 g/mol. The molecular weight excluding hydrogens is 767 g/mol. The second-order valence-electron chi connectivity index (χ2n) is 18.6. The molecule has 0 fully saturated rings. The zero-order chi connectivity index (χ0) is 42.6. The second kappa shape index (κ2) is 15.6. The molecule has 0 aliphatic heterocycles. The van der Waals surface area contributed by atoms with Gasteiger partial charge in [0.05, 0.1) is 11.4 Å². The van der Waals surface area contributed by atoms with Crippen LogP contribution in [0.5, 0.6) is 0 Å². The zero-order valence-electron chi connectivity index (χ0n) is 36.4. The van der Waals surface area contributed by atoms with Crippen molar-refractivity contribution in [3.05, 3.63) is 211 Å². The Morgan fingerprint density at radius 2 is 0.839 bits per heavy atom. The summed E-state index contributed by atoms with van der Waals surface area (Å²) in [5, 5.41) is 5.09. The molecule has 0 spiro atoms. The highest BCUT2D eigenvalue weighted by Gasteiger charge is 2.25. The van der Waals surface area contributed by atoms with Crippen molar-refractivity contribution >= 4 is 59.3 Å². The standard InChI is InChI=1S/C60H51NS/c1-59(2,3)44-37-43(38-45(39-44)60(4,5)6)47-26-16-21-42-22-17-27-50(57(42)47)48-23-10-13-29-53(48)61(46-35-33-41(34-36-46)40-19-8-7-9-20-40)54-30-14-11-24-49(54)51-28-18-32-56-58(51)52-25-12-15-31-55(52)62-56/h7-39H,1-6H3. The number of rotatable bonds is 7. The minimum atomic E-state index is -0.000383. The maximum atomic E-state index is 2.49. The highest BCUT2D eigenvalue weighted by Crippen LogP contribution is 2.49. The van der Waals surface area contributed by atoms with Gasteiger partial charge in [0.25, 0.3) is 0 Å². The fourth-order valence-corrected chi connectivity index (χ4v) is 10.2. The molecule has 10 aromatic rings. The number of nitrogens with zero attached hydrogens (tertiary/aromatic N) is 1. The molecular formula is C60H51NS. The molecule has 1 heterocycles. The molecule has 0 atom stereocenters. The van der Waals surface area contributed by atoms with Gasteiger partial charge in [-0.15, -0.1) is 11.3 Å². The predicted octanol–water partition coefficient (Wildman–Crippen LogP) is 17.9. The van der Waals surface area contributed by atoms with Crippen LogP contribution in [0.25, 0.3) is 75.5 Å². The monoisotopic (exact) mass is 817 g/mol. The minimum absolute atomic E-state index is 0.000383. The van der Waals surface area contributed by atoms with Gasteiger partial charge in [0.1, 0.15) is 0 Å². The Hall–Kier alpha value is -6.74. The number of benzene rings is 9. The Kier molecular flexibility index (Phi) is 9.93. The van der Waals surface area contributed by atoms with E-state index in [0.29, 0.717) is 0 Å². The number of hydrogen-bond acceptors (Lipinski definition) is 2. The zero-order valence-corrected chi connectivity index (χ0v) is 37.2. The molecule has 0 aliphatic rings. The van der Waals surface area contributed by atoms with Crippen molar-refractivity contribution in [2.45, 2.75) is 52.4 Å². The van der Waals surface area contributed by atoms with Crippen molar-refractivity contribution in [3.63, 3.8) is 0 Å². The van der Waals surface area contributed by atoms with Gasteiger partial charge in [-0.1, -0.05) is 205 Å². The van der Waals surface area contributed by atoms with E-state index in [9.17, 15) is 0 Å². The van der Waals surface area contributed by atoms with E-state index in [0.717, 1.165) is 17.1 Å². The quantitative estimate of drug-likeness (QED) is 0.155. The molecule has 302 valence electrons. The van der Waals surface area contributed by atoms with Gasteiger partial charge in [-0.2, -0.15) is 0 Å². The lowest BCUT2D eigenvalue weighted by Crippen LogP contribution is -2.16. The van der Waals surface area contributed by atoms with Crippen molar-refractivity contribution in [1.82, 2.24) is 0 Å². The van der Waals surface area contributed by atoms with E-state index in [-0.39, 0.29) is 10.8 Å². The first-order valence-electron chi connectivity index (χ1n) is 21.8. The van der Waals surface area contributed by atoms with Gasteiger partial charge >= 0.3 is 0 Å². The van der Waals surface area contributed by atoms with Crippen LogP contribution in [-0.4, -0.2) is 0 Å². The van der Waals surface area contributed by atoms with Crippen molar-refractivity contribution in [3.8, 4) is 44.5 Å². The predicted molar refractivity (Wildman–Crippen MR) is 271 cm³/mol. The molecule has 9 aromatic carbocycles. The van der Waals surface area contributed by atoms with Crippen LogP contribution in [0.1, 0.15) is 52.7 Å². The van der Waals surface area contributed by atoms with Gasteiger partial charge in [0, 0.05) is 37.0 Å². The molecule has 1 nitrogen and oxygen atoms in total. The number of hydrogen-bond donors (Lipinski definition) is 0. The van der Waals surface area contributed by atoms with Crippen LogP contribution in [0.15, 0.2) is 200 Å². The first-order chi connectivity index (χ1) is 30.0. The highest BCUT2D eigenvalue weighted by atomic mass is 32.1. The average Bonchev–Trinajstić information content (AvgIpc) is 3.68. The lowest BCUT2D eigenvalue weighted by Gasteiger charge is -2.30. The third-order valence-electron chi connectivity index (χ3n) is 12.4. The van der Waals surface area contributed by atoms with Crippen LogP contribution >= 0.6 is 11.3 Å². The Bertz CT molecular complexity index is 3210. The van der Waals surface area contributed by atoms with E-state index in [1.165, 1.54) is 86.6 Å². The molecule has 10 rings (SSSR count). The van der Waals surface area contributed by atoms with Crippen molar-refractivity contribution in [2.24, 2.45) is 0 Å². The van der Waals surface area contributed by atoms with Crippen LogP contribution < -0.4 is 4.90 Å². The molecule has 0 saturated carbocycles. The molecule has 0 unspecified atom stereocenters. The number of para-hydroxylation sites is 2. The maximum Gasteiger partial charge on any atom is 0.0540 e. The van der Waals surface area contributed by atoms with Crippen molar-refractivity contribution in [1.29, 1.82) is 0 Å². The Labute approximate surface area is 370 Å². The second-order valence-corrected chi connectivity index (χ2v) is 19.7. The molecule has 0 aliphatic carbocycles. The van der Waals surface area contributed by atoms with E-state index in [1.807, 2.05) is 11.3 Å². The van der Waals surface area contributed by atoms with E-state index in [4.69, 9.17) is 0 Å². The number of fused-ring (bicyclic) bond motifs is 4. The van der Waals surface area contributed by atoms with E-state index >= 15 is 0 Å². The molecule has 0 bridgehead atoms. The Balaban J connectivity index is 1.23. The van der Waals surface area contributed by atoms with Gasteiger partial charge < -0.3 is 4.90 Å². The van der Waals surface area contributed by atoms with Gasteiger partial charge in [-0.25, -0.2) is 0 Å². The van der Waals surface area contributed by atoms with E-state index in [2.05, 4.69) is 247 Å². The Morgan fingerprint density at radius 3 is 1.47 bits per heavy atom. The first kappa shape index (κ1) is 39.4. The summed E-state index contributed by atoms with van der Waals surface area (Å²) < 4.78 is 2.60. The molecule has 0 saturated heterocycles. The topological polar surface area (TPSA) is 3.24 Å². The molecule has 2 heteroatoms. The van der Waals surface area contributed by atoms with Gasteiger partial charge in [0.2, 0.25) is 0 Å². The van der Waals surface area contributed by atoms with E-state index < -0.39 is 0 Å². The molecule has 0 N–H and O–H groups in total. The highest BCUT2D eigenvalue weighted by molar-refractivity contribution is 7.25. The number of anilines is 3. The summed E-state index contributed by atoms with van der Waals surface area (Å²) in [6, 6.07) is 74.2. The van der Waals surface area contributed by atoms with Gasteiger partial charge in [-0.3, -0.25) is 0 Å². The minimum Gasteiger partial charge on any atom is -0.309 e. The summed E-state index contributed by atoms with van der Waals surface area (Å²) in [7, 11) is 0. The summed E-state index contributed by atoms with van der Waals surface area (Å²) in [5.74, 6) is 0. The molecule has 0 radical (unpaired) electrons. The molecule has 0 amide bonds. The SMILES string of the molecule is CC(C)(C)c1cc(-c2cccc3cccc(-c4ccccc4N(c4ccc(-c5ccccc5)cc4)c4ccccc4-c4cccc5sc6ccccc6c45)c23)cc(C(C)(C)C)c1. The van der Waals surface area contributed by atoms with Gasteiger partial charge in [-0.05, 0) is 103 Å². The normalized spacial score (nSPS) is 12.0. The summed E-state index contributed by atoms with van der Waals surface area (Å²) >= 11 is 1.87. The largest absolute Gasteiger partial charge is 0.309 e. The van der Waals surface area contributed by atoms with Crippen LogP contribution in [0, 0.1) is 0 Å². The van der Waals surface area contributed by atoms with Crippen LogP contribution in [0.3, 0.4) is 0 Å². The summed E-state index contributed by atoms with van der Waals surface area (Å²) in [4.78, 5) is 2.49. The summed E-state index contributed by atoms with van der Waals surface area (Å²) in [6.07, 6.45) is 0. The van der Waals surface area contributed by atoms with Crippen molar-refractivity contribution < 1.29 is 0 Å². The smallest absolute Gasteiger partial charge is 0.0540 e. The third-order valence-corrected chi connectivity index (χ3v) is 13.5. The fourth-order valence-electron chi connectivity index (χ4n) is 9.09. The summed E-state index contributed by atoms with van der Waals surface area (Å²) in [5.41, 5.74) is 15.8. The van der Waals surface area contributed by atoms with Gasteiger partial charge in [0.15, 0.2) is 0 Å². The molecule has 1 aromatic heterocycles. The summed E-state index contributed by atoms with van der Waals surface area (Å²) in [6.45, 7) is 13.9. The lowest BCUT2D eigenvalue weighted by atomic mass is 9.78. The van der Waals surface area contributed by atoms with Crippen molar-refractivity contribution in [2.75, 3.05) is 4.90 Å². The maximum absolute atomic E-state index is 2.49. The fraction of sp³-hybridized carbons (Fsp3) is 0.133. The van der Waals surface area contributed by atoms with Crippen LogP contribution in [0.4, 0.5) is 17.1 Å². The van der Waals surface area contributed by atoms with E-state index in [1.54, 1.807) is 0 Å². The number of thiophene rings is 1. The molecule has 62 heavy (non-hydrogen) atoms.